The molecular weight excluding hydrogens is 577 g/mol. The van der Waals surface area contributed by atoms with Crippen molar-refractivity contribution in [2.45, 2.75) is 24.7 Å². The van der Waals surface area contributed by atoms with E-state index in [1.54, 1.807) is 11.0 Å². The molecule has 220 valence electrons. The van der Waals surface area contributed by atoms with Crippen molar-refractivity contribution in [3.05, 3.63) is 81.0 Å². The molecule has 2 aliphatic rings. The fourth-order valence-electron chi connectivity index (χ4n) is 5.69. The Hall–Kier alpha value is -3.23. The van der Waals surface area contributed by atoms with E-state index in [1.165, 1.54) is 24.1 Å². The summed E-state index contributed by atoms with van der Waals surface area (Å²) >= 11 is 12.1. The van der Waals surface area contributed by atoms with Gasteiger partial charge in [0, 0.05) is 12.1 Å². The number of nitrogens with one attached hydrogen (secondary N) is 1. The highest BCUT2D eigenvalue weighted by atomic mass is 35.5. The minimum Gasteiger partial charge on any atom is -0.490 e. The number of halogens is 2. The number of aliphatic carboxylic acids is 2. The van der Waals surface area contributed by atoms with Crippen molar-refractivity contribution in [2.75, 3.05) is 39.8 Å². The van der Waals surface area contributed by atoms with Crippen molar-refractivity contribution in [2.24, 2.45) is 5.73 Å². The van der Waals surface area contributed by atoms with Gasteiger partial charge in [-0.3, -0.25) is 19.8 Å². The zero-order valence-electron chi connectivity index (χ0n) is 22.3. The molecule has 4 rings (SSSR count). The summed E-state index contributed by atoms with van der Waals surface area (Å²) in [5.74, 6) is -4.21. The SMILES string of the molecule is CN1CC(C(=O)O)=C(OCc2ccc(Cl)c(Cl)c2)C1(C(=O)O)C(C(N)=O)N1CC[N+](Cc2ccccc2)(NO)CC1. The number of hydrogen-bond acceptors (Lipinski definition) is 8. The Balaban J connectivity index is 1.69. The van der Waals surface area contributed by atoms with E-state index in [-0.39, 0.29) is 47.2 Å². The smallest absolute Gasteiger partial charge is 0.336 e. The van der Waals surface area contributed by atoms with Gasteiger partial charge in [-0.05, 0) is 30.3 Å². The van der Waals surface area contributed by atoms with E-state index < -0.39 is 29.4 Å². The molecule has 1 fully saturated rings. The van der Waals surface area contributed by atoms with Crippen LogP contribution in [-0.2, 0) is 32.3 Å². The minimum atomic E-state index is -2.24. The van der Waals surface area contributed by atoms with Crippen LogP contribution in [0.4, 0.5) is 0 Å². The van der Waals surface area contributed by atoms with E-state index in [0.717, 1.165) is 5.56 Å². The molecule has 2 aromatic rings. The Morgan fingerprint density at radius 3 is 2.27 bits per heavy atom. The Bertz CT molecular complexity index is 1350. The fourth-order valence-corrected chi connectivity index (χ4v) is 6.01. The van der Waals surface area contributed by atoms with E-state index in [9.17, 15) is 29.8 Å². The maximum absolute atomic E-state index is 13.2. The first-order valence-electron chi connectivity index (χ1n) is 12.8. The molecule has 1 saturated heterocycles. The van der Waals surface area contributed by atoms with E-state index in [0.29, 0.717) is 30.2 Å². The van der Waals surface area contributed by atoms with Gasteiger partial charge in [0.05, 0.1) is 28.7 Å². The normalized spacial score (nSPS) is 22.0. The van der Waals surface area contributed by atoms with Gasteiger partial charge in [0.25, 0.3) is 0 Å². The van der Waals surface area contributed by atoms with Gasteiger partial charge in [-0.2, -0.15) is 0 Å². The third kappa shape index (κ3) is 5.90. The Morgan fingerprint density at radius 2 is 1.73 bits per heavy atom. The molecule has 2 aliphatic heterocycles. The van der Waals surface area contributed by atoms with Crippen LogP contribution < -0.4 is 11.3 Å². The molecule has 1 amide bonds. The number of rotatable bonds is 11. The van der Waals surface area contributed by atoms with E-state index >= 15 is 0 Å². The number of quaternary nitrogens is 1. The van der Waals surface area contributed by atoms with Crippen molar-refractivity contribution < 1.29 is 39.1 Å². The molecule has 0 radical (unpaired) electrons. The number of benzene rings is 2. The van der Waals surface area contributed by atoms with Crippen LogP contribution in [0.2, 0.25) is 10.0 Å². The van der Waals surface area contributed by atoms with Crippen LogP contribution in [0.1, 0.15) is 11.1 Å². The molecule has 14 heteroatoms. The first kappa shape index (κ1) is 30.7. The number of piperazine rings is 1. The lowest BCUT2D eigenvalue weighted by molar-refractivity contribution is -1.01. The molecular formula is C27H32Cl2N5O7+. The summed E-state index contributed by atoms with van der Waals surface area (Å²) in [6.07, 6.45) is 0. The fraction of sp³-hybridized carbons (Fsp3) is 0.370. The first-order chi connectivity index (χ1) is 19.4. The second kappa shape index (κ2) is 12.3. The number of carboxylic acids is 2. The van der Waals surface area contributed by atoms with Gasteiger partial charge in [0.1, 0.15) is 38.0 Å². The molecule has 6 N–H and O–H groups in total. The van der Waals surface area contributed by atoms with Crippen LogP contribution in [0.3, 0.4) is 0 Å². The van der Waals surface area contributed by atoms with E-state index in [2.05, 4.69) is 5.59 Å². The third-order valence-corrected chi connectivity index (χ3v) is 8.51. The molecule has 2 unspecified atom stereocenters. The van der Waals surface area contributed by atoms with Crippen LogP contribution in [0.15, 0.2) is 59.9 Å². The largest absolute Gasteiger partial charge is 0.490 e. The Morgan fingerprint density at radius 1 is 1.07 bits per heavy atom. The summed E-state index contributed by atoms with van der Waals surface area (Å²) in [6, 6.07) is 12.7. The van der Waals surface area contributed by atoms with Crippen LogP contribution in [0.5, 0.6) is 0 Å². The number of likely N-dealkylation sites (N-methyl/N-ethyl adjacent to an activating group) is 1. The van der Waals surface area contributed by atoms with Crippen LogP contribution >= 0.6 is 23.2 Å². The number of amides is 1. The maximum atomic E-state index is 13.2. The van der Waals surface area contributed by atoms with Gasteiger partial charge < -0.3 is 20.7 Å². The van der Waals surface area contributed by atoms with Crippen molar-refractivity contribution in [1.29, 1.82) is 0 Å². The quantitative estimate of drug-likeness (QED) is 0.187. The van der Waals surface area contributed by atoms with Crippen molar-refractivity contribution in [1.82, 2.24) is 15.4 Å². The van der Waals surface area contributed by atoms with Gasteiger partial charge >= 0.3 is 11.9 Å². The summed E-state index contributed by atoms with van der Waals surface area (Å²) < 4.78 is 6.02. The lowest BCUT2D eigenvalue weighted by atomic mass is 9.84. The summed E-state index contributed by atoms with van der Waals surface area (Å²) in [6.45, 7) is 0.828. The molecule has 0 aliphatic carbocycles. The topological polar surface area (TPSA) is 166 Å². The van der Waals surface area contributed by atoms with Crippen molar-refractivity contribution in [3.8, 4) is 0 Å². The number of carbonyl (C=O) groups excluding carboxylic acids is 1. The molecule has 0 bridgehead atoms. The van der Waals surface area contributed by atoms with Crippen LogP contribution in [-0.4, -0.2) is 99.0 Å². The Labute approximate surface area is 246 Å². The van der Waals surface area contributed by atoms with Gasteiger partial charge in [0.2, 0.25) is 11.4 Å². The number of carboxylic acid groups (broad SMARTS) is 2. The Kier molecular flexibility index (Phi) is 9.24. The summed E-state index contributed by atoms with van der Waals surface area (Å²) in [4.78, 5) is 41.4. The molecule has 2 aromatic carbocycles. The average Bonchev–Trinajstić information content (AvgIpc) is 3.23. The van der Waals surface area contributed by atoms with E-state index in [4.69, 9.17) is 33.7 Å². The maximum Gasteiger partial charge on any atom is 0.336 e. The molecule has 12 nitrogen and oxygen atoms in total. The summed E-state index contributed by atoms with van der Waals surface area (Å²) in [7, 11) is 1.41. The molecule has 0 saturated carbocycles. The second-order valence-electron chi connectivity index (χ2n) is 10.3. The van der Waals surface area contributed by atoms with Crippen molar-refractivity contribution in [3.63, 3.8) is 0 Å². The van der Waals surface area contributed by atoms with E-state index in [1.807, 2.05) is 30.3 Å². The summed E-state index contributed by atoms with van der Waals surface area (Å²) in [5, 5.41) is 31.3. The molecule has 0 spiro atoms. The highest BCUT2D eigenvalue weighted by molar-refractivity contribution is 6.42. The molecule has 0 aromatic heterocycles. The number of nitrogens with zero attached hydrogens (tertiary/aromatic N) is 3. The zero-order valence-corrected chi connectivity index (χ0v) is 23.8. The number of hydrogen-bond donors (Lipinski definition) is 5. The van der Waals surface area contributed by atoms with Crippen LogP contribution in [0.25, 0.3) is 0 Å². The predicted octanol–water partition coefficient (Wildman–Crippen LogP) is 1.70. The lowest BCUT2D eigenvalue weighted by Gasteiger charge is -2.48. The predicted molar refractivity (Wildman–Crippen MR) is 149 cm³/mol. The number of primary amides is 1. The summed E-state index contributed by atoms with van der Waals surface area (Å²) in [5.41, 5.74) is 7.20. The molecule has 2 atom stereocenters. The van der Waals surface area contributed by atoms with Gasteiger partial charge in [-0.15, -0.1) is 0 Å². The number of carbonyl (C=O) groups is 3. The zero-order chi connectivity index (χ0) is 29.9. The van der Waals surface area contributed by atoms with Gasteiger partial charge in [-0.1, -0.05) is 59.6 Å². The second-order valence-corrected chi connectivity index (χ2v) is 11.1. The monoisotopic (exact) mass is 608 g/mol. The highest BCUT2D eigenvalue weighted by Crippen LogP contribution is 2.41. The lowest BCUT2D eigenvalue weighted by Crippen LogP contribution is -2.73. The van der Waals surface area contributed by atoms with Crippen molar-refractivity contribution >= 4 is 41.0 Å². The van der Waals surface area contributed by atoms with Gasteiger partial charge in [-0.25, -0.2) is 14.2 Å². The molecule has 2 heterocycles. The van der Waals surface area contributed by atoms with Gasteiger partial charge in [0.15, 0.2) is 0 Å². The third-order valence-electron chi connectivity index (χ3n) is 7.77. The minimum absolute atomic E-state index is 0.0683. The highest BCUT2D eigenvalue weighted by Gasteiger charge is 2.64. The van der Waals surface area contributed by atoms with Crippen LogP contribution in [0, 0.1) is 0 Å². The standard InChI is InChI=1S/C27H31Cl2N5O7/c1-32-14-19(25(36)37)23(41-16-18-7-8-20(28)21(29)13-18)27(32,26(38)39)22(24(30)35)33-9-11-34(31-40,12-10-33)15-17-5-3-2-4-6-17/h2-8,13,22,31,40H,9-12,14-16H2,1H3,(H3-,30,35,36,37,38,39)/p+1. The molecule has 41 heavy (non-hydrogen) atoms. The number of ether oxygens (including phenoxy) is 1. The number of nitrogens with two attached hydrogens (primary N) is 1. The average molecular weight is 609 g/mol. The first-order valence-corrected chi connectivity index (χ1v) is 13.5.